The maximum atomic E-state index is 10.6. The van der Waals surface area contributed by atoms with Gasteiger partial charge in [0.05, 0.1) is 4.92 Å². The minimum atomic E-state index is -0.538. The van der Waals surface area contributed by atoms with Crippen LogP contribution < -0.4 is 4.74 Å². The Morgan fingerprint density at radius 2 is 2.12 bits per heavy atom. The molecule has 2 rings (SSSR count). The number of hydrogen-bond acceptors (Lipinski definition) is 4. The summed E-state index contributed by atoms with van der Waals surface area (Å²) in [7, 11) is 0. The Kier molecular flexibility index (Phi) is 2.81. The number of nitrogens with one attached hydrogen (secondary N) is 1. The van der Waals surface area contributed by atoms with Gasteiger partial charge in [0.2, 0.25) is 0 Å². The van der Waals surface area contributed by atoms with Gasteiger partial charge in [-0.25, -0.2) is 5.10 Å². The van der Waals surface area contributed by atoms with E-state index in [4.69, 9.17) is 4.74 Å². The van der Waals surface area contributed by atoms with Gasteiger partial charge in [-0.3, -0.25) is 10.1 Å². The van der Waals surface area contributed by atoms with E-state index in [1.165, 1.54) is 0 Å². The lowest BCUT2D eigenvalue weighted by atomic mass is 10.2. The zero-order valence-corrected chi connectivity index (χ0v) is 8.29. The third-order valence-electron chi connectivity index (χ3n) is 2.01. The van der Waals surface area contributed by atoms with Crippen molar-refractivity contribution in [2.75, 3.05) is 0 Å². The highest BCUT2D eigenvalue weighted by atomic mass is 16.6. The van der Waals surface area contributed by atoms with Crippen molar-refractivity contribution in [1.29, 1.82) is 0 Å². The first-order valence-electron chi connectivity index (χ1n) is 4.62. The number of hydrogen-bond donors (Lipinski definition) is 1. The van der Waals surface area contributed by atoms with E-state index < -0.39 is 4.92 Å². The third-order valence-corrected chi connectivity index (χ3v) is 2.01. The largest absolute Gasteiger partial charge is 0.468 e. The first-order valence-corrected chi connectivity index (χ1v) is 4.62. The minimum absolute atomic E-state index is 0.0776. The maximum Gasteiger partial charge on any atom is 0.350 e. The Morgan fingerprint density at radius 1 is 1.38 bits per heavy atom. The highest BCUT2D eigenvalue weighted by Crippen LogP contribution is 2.23. The van der Waals surface area contributed by atoms with Crippen molar-refractivity contribution in [3.05, 3.63) is 52.2 Å². The second-order valence-corrected chi connectivity index (χ2v) is 3.12. The van der Waals surface area contributed by atoms with Gasteiger partial charge < -0.3 is 4.74 Å². The van der Waals surface area contributed by atoms with Gasteiger partial charge in [-0.2, -0.15) is 5.10 Å². The van der Waals surface area contributed by atoms with Crippen LogP contribution in [0.5, 0.6) is 5.88 Å². The van der Waals surface area contributed by atoms with Crippen molar-refractivity contribution in [2.24, 2.45) is 0 Å². The van der Waals surface area contributed by atoms with E-state index in [2.05, 4.69) is 10.2 Å². The highest BCUT2D eigenvalue weighted by Gasteiger charge is 2.17. The summed E-state index contributed by atoms with van der Waals surface area (Å²) in [5.74, 6) is 0.0776. The lowest BCUT2D eigenvalue weighted by Crippen LogP contribution is -1.98. The molecular formula is C10H9N3O3. The Morgan fingerprint density at radius 3 is 2.81 bits per heavy atom. The Labute approximate surface area is 91.0 Å². The molecule has 0 radical (unpaired) electrons. The van der Waals surface area contributed by atoms with Crippen molar-refractivity contribution in [3.63, 3.8) is 0 Å². The third kappa shape index (κ3) is 2.17. The number of aromatic nitrogens is 2. The van der Waals surface area contributed by atoms with Crippen LogP contribution in [-0.4, -0.2) is 15.1 Å². The summed E-state index contributed by atoms with van der Waals surface area (Å²) in [5.41, 5.74) is 0.780. The van der Waals surface area contributed by atoms with E-state index in [1.54, 1.807) is 0 Å². The second-order valence-electron chi connectivity index (χ2n) is 3.12. The summed E-state index contributed by atoms with van der Waals surface area (Å²) < 4.78 is 5.26. The lowest BCUT2D eigenvalue weighted by molar-refractivity contribution is -0.385. The standard InChI is InChI=1S/C10H9N3O3/c14-13(15)9-6-11-12-10(9)16-7-8-4-2-1-3-5-8/h1-6H,7H2,(H,11,12). The van der Waals surface area contributed by atoms with Gasteiger partial charge in [0.25, 0.3) is 5.88 Å². The van der Waals surface area contributed by atoms with Crippen LogP contribution in [0.4, 0.5) is 5.69 Å². The molecule has 0 aliphatic carbocycles. The van der Waals surface area contributed by atoms with Gasteiger partial charge in [-0.1, -0.05) is 30.3 Å². The highest BCUT2D eigenvalue weighted by molar-refractivity contribution is 5.37. The lowest BCUT2D eigenvalue weighted by Gasteiger charge is -2.02. The fraction of sp³-hybridized carbons (Fsp3) is 0.100. The predicted molar refractivity (Wildman–Crippen MR) is 56.0 cm³/mol. The molecule has 0 saturated heterocycles. The molecule has 1 heterocycles. The van der Waals surface area contributed by atoms with Gasteiger partial charge in [-0.05, 0) is 5.56 Å². The summed E-state index contributed by atoms with van der Waals surface area (Å²) in [6.07, 6.45) is 1.13. The first-order chi connectivity index (χ1) is 7.77. The number of H-pyrrole nitrogens is 1. The number of benzene rings is 1. The number of nitro groups is 1. The van der Waals surface area contributed by atoms with Crippen LogP contribution in [0.1, 0.15) is 5.56 Å². The predicted octanol–water partition coefficient (Wildman–Crippen LogP) is 1.90. The molecule has 0 atom stereocenters. The van der Waals surface area contributed by atoms with Crippen molar-refractivity contribution in [3.8, 4) is 5.88 Å². The zero-order chi connectivity index (χ0) is 11.4. The van der Waals surface area contributed by atoms with Gasteiger partial charge >= 0.3 is 5.69 Å². The number of ether oxygens (including phenoxy) is 1. The van der Waals surface area contributed by atoms with Crippen molar-refractivity contribution >= 4 is 5.69 Å². The van der Waals surface area contributed by atoms with Crippen LogP contribution in [0.25, 0.3) is 0 Å². The van der Waals surface area contributed by atoms with E-state index >= 15 is 0 Å². The molecule has 0 saturated carbocycles. The fourth-order valence-corrected chi connectivity index (χ4v) is 1.23. The Hall–Kier alpha value is -2.37. The first kappa shape index (κ1) is 10.2. The van der Waals surface area contributed by atoms with Crippen LogP contribution in [0.15, 0.2) is 36.5 Å². The Bertz CT molecular complexity index is 481. The average Bonchev–Trinajstić information content (AvgIpc) is 2.76. The van der Waals surface area contributed by atoms with E-state index in [-0.39, 0.29) is 18.2 Å². The monoisotopic (exact) mass is 219 g/mol. The molecule has 2 aromatic rings. The molecule has 0 unspecified atom stereocenters. The molecular weight excluding hydrogens is 210 g/mol. The molecule has 0 amide bonds. The van der Waals surface area contributed by atoms with E-state index in [0.717, 1.165) is 11.8 Å². The molecule has 1 aromatic carbocycles. The van der Waals surface area contributed by atoms with E-state index in [0.29, 0.717) is 0 Å². The van der Waals surface area contributed by atoms with Gasteiger partial charge in [0.15, 0.2) is 0 Å². The fourth-order valence-electron chi connectivity index (χ4n) is 1.23. The van der Waals surface area contributed by atoms with Gasteiger partial charge in [-0.15, -0.1) is 0 Å². The maximum absolute atomic E-state index is 10.6. The molecule has 1 N–H and O–H groups in total. The molecule has 0 spiro atoms. The molecule has 0 aliphatic heterocycles. The smallest absolute Gasteiger partial charge is 0.350 e. The Balaban J connectivity index is 2.05. The SMILES string of the molecule is O=[N+]([O-])c1cn[nH]c1OCc1ccccc1. The van der Waals surface area contributed by atoms with E-state index in [1.807, 2.05) is 30.3 Å². The molecule has 0 bridgehead atoms. The van der Waals surface area contributed by atoms with Crippen molar-refractivity contribution in [1.82, 2.24) is 10.2 Å². The number of nitrogens with zero attached hydrogens (tertiary/aromatic N) is 2. The molecule has 6 nitrogen and oxygen atoms in total. The summed E-state index contributed by atoms with van der Waals surface area (Å²) in [4.78, 5) is 10.0. The molecule has 0 aliphatic rings. The van der Waals surface area contributed by atoms with Crippen LogP contribution in [0.2, 0.25) is 0 Å². The molecule has 16 heavy (non-hydrogen) atoms. The molecule has 6 heteroatoms. The van der Waals surface area contributed by atoms with Crippen LogP contribution in [-0.2, 0) is 6.61 Å². The molecule has 0 fully saturated rings. The van der Waals surface area contributed by atoms with Crippen molar-refractivity contribution < 1.29 is 9.66 Å². The quantitative estimate of drug-likeness (QED) is 0.628. The second kappa shape index (κ2) is 4.43. The van der Waals surface area contributed by atoms with Crippen LogP contribution in [0, 0.1) is 10.1 Å². The summed E-state index contributed by atoms with van der Waals surface area (Å²) in [6.45, 7) is 0.268. The average molecular weight is 219 g/mol. The zero-order valence-electron chi connectivity index (χ0n) is 8.29. The van der Waals surface area contributed by atoms with Crippen molar-refractivity contribution in [2.45, 2.75) is 6.61 Å². The molecule has 82 valence electrons. The van der Waals surface area contributed by atoms with Crippen LogP contribution in [0.3, 0.4) is 0 Å². The van der Waals surface area contributed by atoms with Gasteiger partial charge in [0, 0.05) is 0 Å². The number of aromatic amines is 1. The summed E-state index contributed by atoms with van der Waals surface area (Å²) in [6, 6.07) is 9.40. The summed E-state index contributed by atoms with van der Waals surface area (Å²) in [5, 5.41) is 16.6. The minimum Gasteiger partial charge on any atom is -0.468 e. The summed E-state index contributed by atoms with van der Waals surface area (Å²) >= 11 is 0. The van der Waals surface area contributed by atoms with Crippen LogP contribution >= 0.6 is 0 Å². The topological polar surface area (TPSA) is 81.0 Å². The normalized spacial score (nSPS) is 10.0. The van der Waals surface area contributed by atoms with E-state index in [9.17, 15) is 10.1 Å². The number of rotatable bonds is 4. The van der Waals surface area contributed by atoms with Gasteiger partial charge in [0.1, 0.15) is 12.8 Å². The molecule has 1 aromatic heterocycles.